The van der Waals surface area contributed by atoms with Crippen molar-refractivity contribution in [3.8, 4) is 5.75 Å². The van der Waals surface area contributed by atoms with Crippen molar-refractivity contribution < 1.29 is 9.84 Å². The third-order valence-corrected chi connectivity index (χ3v) is 4.70. The Labute approximate surface area is 158 Å². The molecular weight excluding hydrogens is 322 g/mol. The zero-order valence-electron chi connectivity index (χ0n) is 16.1. The molecule has 0 aliphatic heterocycles. The topological polar surface area (TPSA) is 42.4 Å². The summed E-state index contributed by atoms with van der Waals surface area (Å²) in [5.74, 6) is 0.890. The Hall–Kier alpha value is -2.03. The maximum absolute atomic E-state index is 8.57. The summed E-state index contributed by atoms with van der Waals surface area (Å²) >= 11 is 0. The number of fused-ring (bicyclic) bond motifs is 1. The normalized spacial score (nSPS) is 11.4. The van der Waals surface area contributed by atoms with E-state index in [1.807, 2.05) is 25.1 Å². The molecular formula is C23H33NO2. The van der Waals surface area contributed by atoms with E-state index in [-0.39, 0.29) is 0 Å². The van der Waals surface area contributed by atoms with E-state index in [0.29, 0.717) is 6.61 Å². The lowest BCUT2D eigenvalue weighted by molar-refractivity contribution is 0.343. The molecule has 2 rings (SSSR count). The van der Waals surface area contributed by atoms with Crippen molar-refractivity contribution in [1.29, 1.82) is 0 Å². The molecule has 0 amide bonds. The average molecular weight is 356 g/mol. The lowest BCUT2D eigenvalue weighted by atomic mass is 10.1. The number of hydrogen-bond donors (Lipinski definition) is 1. The Kier molecular flexibility index (Phi) is 9.63. The molecule has 1 aromatic heterocycles. The molecule has 26 heavy (non-hydrogen) atoms. The van der Waals surface area contributed by atoms with Crippen LogP contribution in [0.1, 0.15) is 70.4 Å². The van der Waals surface area contributed by atoms with E-state index in [2.05, 4.69) is 18.2 Å². The molecule has 1 aromatic carbocycles. The molecule has 0 radical (unpaired) electrons. The lowest BCUT2D eigenvalue weighted by Crippen LogP contribution is -1.96. The number of aliphatic hydroxyl groups excluding tert-OH is 1. The molecule has 1 heterocycles. The minimum absolute atomic E-state index is 0.670. The van der Waals surface area contributed by atoms with Crippen LogP contribution in [0, 0.1) is 0 Å². The van der Waals surface area contributed by atoms with Gasteiger partial charge in [0.25, 0.3) is 0 Å². The van der Waals surface area contributed by atoms with Crippen molar-refractivity contribution in [2.45, 2.75) is 71.1 Å². The highest BCUT2D eigenvalue weighted by atomic mass is 16.5. The highest BCUT2D eigenvalue weighted by Gasteiger charge is 2.04. The van der Waals surface area contributed by atoms with Gasteiger partial charge in [-0.15, -0.1) is 0 Å². The van der Waals surface area contributed by atoms with Crippen molar-refractivity contribution in [2.75, 3.05) is 6.61 Å². The number of rotatable bonds is 13. The molecule has 0 spiro atoms. The molecule has 0 aliphatic rings. The van der Waals surface area contributed by atoms with Crippen LogP contribution in [-0.4, -0.2) is 16.7 Å². The summed E-state index contributed by atoms with van der Waals surface area (Å²) in [6.07, 6.45) is 15.3. The van der Waals surface area contributed by atoms with Gasteiger partial charge in [0.1, 0.15) is 11.3 Å². The maximum Gasteiger partial charge on any atom is 0.145 e. The van der Waals surface area contributed by atoms with Gasteiger partial charge < -0.3 is 9.84 Å². The molecule has 1 N–H and O–H groups in total. The number of ether oxygens (including phenoxy) is 1. The number of aryl methyl sites for hydroxylation is 1. The molecule has 0 saturated carbocycles. The Morgan fingerprint density at radius 2 is 1.65 bits per heavy atom. The second-order valence-corrected chi connectivity index (χ2v) is 6.82. The molecule has 0 atom stereocenters. The quantitative estimate of drug-likeness (QED) is 0.319. The van der Waals surface area contributed by atoms with Crippen LogP contribution in [-0.2, 0) is 6.42 Å². The summed E-state index contributed by atoms with van der Waals surface area (Å²) in [5.41, 5.74) is 2.16. The van der Waals surface area contributed by atoms with Gasteiger partial charge in [0.2, 0.25) is 0 Å². The lowest BCUT2D eigenvalue weighted by Gasteiger charge is -2.08. The monoisotopic (exact) mass is 355 g/mol. The van der Waals surface area contributed by atoms with Crippen LogP contribution < -0.4 is 4.74 Å². The Morgan fingerprint density at radius 3 is 2.38 bits per heavy atom. The minimum Gasteiger partial charge on any atom is -0.516 e. The first-order valence-electron chi connectivity index (χ1n) is 10.2. The van der Waals surface area contributed by atoms with Crippen LogP contribution in [0.3, 0.4) is 0 Å². The number of aromatic nitrogens is 1. The fraction of sp³-hybridized carbons (Fsp3) is 0.522. The first-order chi connectivity index (χ1) is 12.8. The van der Waals surface area contributed by atoms with Gasteiger partial charge in [0.05, 0.1) is 12.9 Å². The standard InChI is InChI=1S/C23H33NO2/c1-2-26-22-16-13-14-20-17-18-21(24-23(20)22)15-11-9-7-5-3-4-6-8-10-12-19-25/h12-14,16-19,25H,2-11,15H2,1H3. The molecule has 3 nitrogen and oxygen atoms in total. The molecule has 0 aliphatic carbocycles. The zero-order chi connectivity index (χ0) is 18.5. The largest absolute Gasteiger partial charge is 0.516 e. The van der Waals surface area contributed by atoms with Crippen molar-refractivity contribution in [2.24, 2.45) is 0 Å². The van der Waals surface area contributed by atoms with Crippen LogP contribution in [0.5, 0.6) is 5.75 Å². The van der Waals surface area contributed by atoms with Gasteiger partial charge >= 0.3 is 0 Å². The van der Waals surface area contributed by atoms with Gasteiger partial charge in [-0.2, -0.15) is 0 Å². The Morgan fingerprint density at radius 1 is 0.923 bits per heavy atom. The molecule has 3 heteroatoms. The van der Waals surface area contributed by atoms with E-state index in [1.165, 1.54) is 57.1 Å². The third-order valence-electron chi connectivity index (χ3n) is 4.70. The Bertz CT molecular complexity index is 666. The van der Waals surface area contributed by atoms with Gasteiger partial charge in [-0.05, 0) is 44.7 Å². The highest BCUT2D eigenvalue weighted by Crippen LogP contribution is 2.24. The first-order valence-corrected chi connectivity index (χ1v) is 10.2. The van der Waals surface area contributed by atoms with Gasteiger partial charge in [-0.25, -0.2) is 4.98 Å². The molecule has 0 unspecified atom stereocenters. The minimum atomic E-state index is 0.670. The van der Waals surface area contributed by atoms with Crippen molar-refractivity contribution in [3.05, 3.63) is 48.4 Å². The number of unbranched alkanes of at least 4 members (excludes halogenated alkanes) is 8. The maximum atomic E-state index is 8.57. The van der Waals surface area contributed by atoms with Crippen LogP contribution in [0.25, 0.3) is 10.9 Å². The number of benzene rings is 1. The van der Waals surface area contributed by atoms with E-state index < -0.39 is 0 Å². The fourth-order valence-electron chi connectivity index (χ4n) is 3.28. The van der Waals surface area contributed by atoms with E-state index in [1.54, 1.807) is 0 Å². The number of allylic oxidation sites excluding steroid dienone is 1. The highest BCUT2D eigenvalue weighted by molar-refractivity contribution is 5.84. The summed E-state index contributed by atoms with van der Waals surface area (Å²) in [6.45, 7) is 2.68. The van der Waals surface area contributed by atoms with Gasteiger partial charge in [-0.1, -0.05) is 62.8 Å². The third kappa shape index (κ3) is 7.07. The van der Waals surface area contributed by atoms with E-state index in [4.69, 9.17) is 14.8 Å². The molecule has 0 fully saturated rings. The SMILES string of the molecule is CCOc1cccc2ccc(CCCCCCCCCCC=CO)nc12. The van der Waals surface area contributed by atoms with Crippen molar-refractivity contribution in [1.82, 2.24) is 4.98 Å². The predicted molar refractivity (Wildman–Crippen MR) is 110 cm³/mol. The second kappa shape index (κ2) is 12.3. The van der Waals surface area contributed by atoms with Crippen LogP contribution in [0.2, 0.25) is 0 Å². The van der Waals surface area contributed by atoms with Crippen molar-refractivity contribution >= 4 is 10.9 Å². The van der Waals surface area contributed by atoms with E-state index in [9.17, 15) is 0 Å². The summed E-state index contributed by atoms with van der Waals surface area (Å²) in [5, 5.41) is 9.72. The van der Waals surface area contributed by atoms with Crippen LogP contribution >= 0.6 is 0 Å². The summed E-state index contributed by atoms with van der Waals surface area (Å²) in [7, 11) is 0. The van der Waals surface area contributed by atoms with Gasteiger partial charge in [0.15, 0.2) is 0 Å². The number of hydrogen-bond acceptors (Lipinski definition) is 3. The fourth-order valence-corrected chi connectivity index (χ4v) is 3.28. The van der Waals surface area contributed by atoms with E-state index in [0.717, 1.165) is 35.8 Å². The smallest absolute Gasteiger partial charge is 0.145 e. The van der Waals surface area contributed by atoms with Crippen LogP contribution in [0.4, 0.5) is 0 Å². The summed E-state index contributed by atoms with van der Waals surface area (Å²) < 4.78 is 5.71. The molecule has 0 saturated heterocycles. The number of aliphatic hydroxyl groups is 1. The number of nitrogens with zero attached hydrogens (tertiary/aromatic N) is 1. The first kappa shape index (κ1) is 20.3. The average Bonchev–Trinajstić information content (AvgIpc) is 2.67. The van der Waals surface area contributed by atoms with E-state index >= 15 is 0 Å². The Balaban J connectivity index is 1.64. The van der Waals surface area contributed by atoms with Crippen molar-refractivity contribution in [3.63, 3.8) is 0 Å². The molecule has 2 aromatic rings. The van der Waals surface area contributed by atoms with Gasteiger partial charge in [-0.3, -0.25) is 0 Å². The summed E-state index contributed by atoms with van der Waals surface area (Å²) in [4.78, 5) is 4.83. The molecule has 142 valence electrons. The van der Waals surface area contributed by atoms with Gasteiger partial charge in [0, 0.05) is 11.1 Å². The number of pyridine rings is 1. The predicted octanol–water partition coefficient (Wildman–Crippen LogP) is 6.76. The number of para-hydroxylation sites is 1. The van der Waals surface area contributed by atoms with Crippen LogP contribution in [0.15, 0.2) is 42.7 Å². The zero-order valence-corrected chi connectivity index (χ0v) is 16.1. The second-order valence-electron chi connectivity index (χ2n) is 6.82. The summed E-state index contributed by atoms with van der Waals surface area (Å²) in [6, 6.07) is 10.4. The molecule has 0 bridgehead atoms.